The lowest BCUT2D eigenvalue weighted by atomic mass is 9.93. The van der Waals surface area contributed by atoms with E-state index in [-0.39, 0.29) is 18.9 Å². The molecule has 1 aromatic rings. The Morgan fingerprint density at radius 2 is 1.73 bits per heavy atom. The molecule has 0 aliphatic carbocycles. The fraction of sp³-hybridized carbons (Fsp3) is 0.478. The molecule has 1 aromatic carbocycles. The van der Waals surface area contributed by atoms with Crippen LogP contribution in [0.3, 0.4) is 0 Å². The van der Waals surface area contributed by atoms with E-state index in [4.69, 9.17) is 10.5 Å². The maximum absolute atomic E-state index is 12.5. The van der Waals surface area contributed by atoms with Crippen molar-refractivity contribution in [2.45, 2.75) is 50.2 Å². The van der Waals surface area contributed by atoms with Crippen molar-refractivity contribution in [3.05, 3.63) is 72.0 Å². The summed E-state index contributed by atoms with van der Waals surface area (Å²) in [4.78, 5) is 0. The SMILES string of the molecule is NC(CO)(CO)CCC(=C/C=C/OCCCCCc1ccccc1)/C=C/C(F)(F)F. The third-order valence-electron chi connectivity index (χ3n) is 4.58. The monoisotopic (exact) mass is 427 g/mol. The summed E-state index contributed by atoms with van der Waals surface area (Å²) in [7, 11) is 0. The summed E-state index contributed by atoms with van der Waals surface area (Å²) in [6, 6.07) is 10.2. The predicted octanol–water partition coefficient (Wildman–Crippen LogP) is 4.44. The fourth-order valence-electron chi connectivity index (χ4n) is 2.65. The molecular formula is C23H32F3NO3. The summed E-state index contributed by atoms with van der Waals surface area (Å²) < 4.78 is 42.8. The molecule has 0 amide bonds. The van der Waals surface area contributed by atoms with Crippen molar-refractivity contribution in [3.8, 4) is 0 Å². The number of aliphatic hydroxyl groups excluding tert-OH is 2. The molecule has 4 N–H and O–H groups in total. The zero-order valence-corrected chi connectivity index (χ0v) is 17.2. The van der Waals surface area contributed by atoms with Gasteiger partial charge in [-0.2, -0.15) is 13.2 Å². The van der Waals surface area contributed by atoms with E-state index < -0.39 is 24.9 Å². The number of hydrogen-bond donors (Lipinski definition) is 3. The summed E-state index contributed by atoms with van der Waals surface area (Å²) in [5, 5.41) is 18.4. The Balaban J connectivity index is 2.40. The van der Waals surface area contributed by atoms with Gasteiger partial charge < -0.3 is 20.7 Å². The minimum atomic E-state index is -4.42. The average Bonchev–Trinajstić information content (AvgIpc) is 2.73. The normalized spacial score (nSPS) is 13.5. The molecule has 7 heteroatoms. The molecule has 0 saturated heterocycles. The fourth-order valence-corrected chi connectivity index (χ4v) is 2.65. The van der Waals surface area contributed by atoms with Crippen LogP contribution in [0.4, 0.5) is 13.2 Å². The third kappa shape index (κ3) is 12.5. The van der Waals surface area contributed by atoms with Crippen LogP contribution in [0, 0.1) is 0 Å². The van der Waals surface area contributed by atoms with Crippen LogP contribution >= 0.6 is 0 Å². The highest BCUT2D eigenvalue weighted by atomic mass is 19.4. The molecule has 0 spiro atoms. The number of aliphatic hydroxyl groups is 2. The summed E-state index contributed by atoms with van der Waals surface area (Å²) >= 11 is 0. The van der Waals surface area contributed by atoms with E-state index in [1.54, 1.807) is 0 Å². The Morgan fingerprint density at radius 3 is 2.37 bits per heavy atom. The van der Waals surface area contributed by atoms with Crippen LogP contribution < -0.4 is 5.73 Å². The van der Waals surface area contributed by atoms with Crippen molar-refractivity contribution < 1.29 is 28.1 Å². The van der Waals surface area contributed by atoms with E-state index in [1.165, 1.54) is 24.0 Å². The van der Waals surface area contributed by atoms with E-state index in [9.17, 15) is 23.4 Å². The molecule has 0 unspecified atom stereocenters. The Kier molecular flexibility index (Phi) is 12.1. The van der Waals surface area contributed by atoms with Crippen LogP contribution in [-0.2, 0) is 11.2 Å². The zero-order valence-electron chi connectivity index (χ0n) is 17.2. The molecule has 1 rings (SSSR count). The highest BCUT2D eigenvalue weighted by Gasteiger charge is 2.24. The Morgan fingerprint density at radius 1 is 1.03 bits per heavy atom. The van der Waals surface area contributed by atoms with E-state index in [0.717, 1.165) is 31.8 Å². The summed E-state index contributed by atoms with van der Waals surface area (Å²) in [5.74, 6) is 0. The molecule has 4 nitrogen and oxygen atoms in total. The molecule has 0 bridgehead atoms. The molecule has 168 valence electrons. The van der Waals surface area contributed by atoms with E-state index in [1.807, 2.05) is 18.2 Å². The predicted molar refractivity (Wildman–Crippen MR) is 113 cm³/mol. The first kappa shape index (κ1) is 25.9. The number of ether oxygens (including phenoxy) is 1. The number of unbranched alkanes of at least 4 members (excludes halogenated alkanes) is 2. The highest BCUT2D eigenvalue weighted by Crippen LogP contribution is 2.20. The first-order chi connectivity index (χ1) is 14.3. The minimum absolute atomic E-state index is 0.143. The maximum atomic E-state index is 12.5. The standard InChI is InChI=1S/C23H32F3NO3/c24-23(25,26)15-13-21(12-14-22(27,18-28)19-29)11-7-17-30-16-6-2-5-10-20-8-3-1-4-9-20/h1,3-4,7-9,11,13,15,17,28-29H,2,5-6,10,12,14,16,18-19,27H2/b15-13+,17-7+,21-11-. The first-order valence-corrected chi connectivity index (χ1v) is 10.1. The zero-order chi connectivity index (χ0) is 22.3. The van der Waals surface area contributed by atoms with Gasteiger partial charge >= 0.3 is 6.18 Å². The summed E-state index contributed by atoms with van der Waals surface area (Å²) in [5.41, 5.74) is 6.23. The molecule has 0 saturated carbocycles. The quantitative estimate of drug-likeness (QED) is 0.233. The molecule has 0 heterocycles. The van der Waals surface area contributed by atoms with Crippen molar-refractivity contribution in [1.29, 1.82) is 0 Å². The second-order valence-electron chi connectivity index (χ2n) is 7.29. The lowest BCUT2D eigenvalue weighted by molar-refractivity contribution is -0.0798. The highest BCUT2D eigenvalue weighted by molar-refractivity contribution is 5.24. The van der Waals surface area contributed by atoms with Crippen molar-refractivity contribution >= 4 is 0 Å². The van der Waals surface area contributed by atoms with Gasteiger partial charge in [-0.1, -0.05) is 42.5 Å². The number of benzene rings is 1. The van der Waals surface area contributed by atoms with Gasteiger partial charge in [0.2, 0.25) is 0 Å². The van der Waals surface area contributed by atoms with Crippen LogP contribution in [0.15, 0.2) is 66.5 Å². The van der Waals surface area contributed by atoms with Gasteiger partial charge in [0, 0.05) is 6.08 Å². The van der Waals surface area contributed by atoms with Gasteiger partial charge in [-0.15, -0.1) is 0 Å². The maximum Gasteiger partial charge on any atom is 0.409 e. The second-order valence-corrected chi connectivity index (χ2v) is 7.29. The Hall–Kier alpha value is -2.09. The number of aryl methyl sites for hydroxylation is 1. The molecule has 30 heavy (non-hydrogen) atoms. The van der Waals surface area contributed by atoms with Crippen LogP contribution in [0.1, 0.15) is 37.7 Å². The van der Waals surface area contributed by atoms with Crippen molar-refractivity contribution in [2.24, 2.45) is 5.73 Å². The molecule has 0 fully saturated rings. The van der Waals surface area contributed by atoms with Crippen LogP contribution in [-0.4, -0.2) is 41.7 Å². The lowest BCUT2D eigenvalue weighted by Crippen LogP contribution is -2.47. The molecule has 0 aromatic heterocycles. The van der Waals surface area contributed by atoms with Crippen molar-refractivity contribution in [3.63, 3.8) is 0 Å². The van der Waals surface area contributed by atoms with Gasteiger partial charge in [-0.3, -0.25) is 0 Å². The molecule has 0 radical (unpaired) electrons. The van der Waals surface area contributed by atoms with Crippen LogP contribution in [0.2, 0.25) is 0 Å². The smallest absolute Gasteiger partial charge is 0.409 e. The van der Waals surface area contributed by atoms with Crippen LogP contribution in [0.25, 0.3) is 0 Å². The Labute approximate surface area is 176 Å². The van der Waals surface area contributed by atoms with Gasteiger partial charge in [0.15, 0.2) is 0 Å². The number of hydrogen-bond acceptors (Lipinski definition) is 4. The molecule has 0 atom stereocenters. The lowest BCUT2D eigenvalue weighted by Gasteiger charge is -2.24. The van der Waals surface area contributed by atoms with Gasteiger partial charge in [-0.25, -0.2) is 0 Å². The van der Waals surface area contributed by atoms with E-state index in [0.29, 0.717) is 12.2 Å². The molecule has 0 aliphatic heterocycles. The topological polar surface area (TPSA) is 75.7 Å². The van der Waals surface area contributed by atoms with Crippen molar-refractivity contribution in [2.75, 3.05) is 19.8 Å². The number of allylic oxidation sites excluding steroid dienone is 5. The van der Waals surface area contributed by atoms with Gasteiger partial charge in [-0.05, 0) is 55.7 Å². The van der Waals surface area contributed by atoms with Gasteiger partial charge in [0.1, 0.15) is 0 Å². The van der Waals surface area contributed by atoms with Gasteiger partial charge in [0.25, 0.3) is 0 Å². The first-order valence-electron chi connectivity index (χ1n) is 10.1. The number of nitrogens with two attached hydrogens (primary N) is 1. The molecule has 0 aliphatic rings. The Bertz CT molecular complexity index is 666. The molecular weight excluding hydrogens is 395 g/mol. The van der Waals surface area contributed by atoms with Crippen LogP contribution in [0.5, 0.6) is 0 Å². The second kappa shape index (κ2) is 14.0. The minimum Gasteiger partial charge on any atom is -0.501 e. The van der Waals surface area contributed by atoms with Crippen molar-refractivity contribution in [1.82, 2.24) is 0 Å². The van der Waals surface area contributed by atoms with E-state index >= 15 is 0 Å². The van der Waals surface area contributed by atoms with E-state index in [2.05, 4.69) is 12.1 Å². The largest absolute Gasteiger partial charge is 0.501 e. The number of halogens is 3. The number of alkyl halides is 3. The number of rotatable bonds is 14. The third-order valence-corrected chi connectivity index (χ3v) is 4.58. The average molecular weight is 428 g/mol. The summed E-state index contributed by atoms with van der Waals surface area (Å²) in [6.45, 7) is -0.375. The summed E-state index contributed by atoms with van der Waals surface area (Å²) in [6.07, 6.45) is 5.52. The van der Waals surface area contributed by atoms with Gasteiger partial charge in [0.05, 0.1) is 31.6 Å².